The van der Waals surface area contributed by atoms with E-state index in [9.17, 15) is 14.9 Å². The Balaban J connectivity index is 2.55. The van der Waals surface area contributed by atoms with Crippen molar-refractivity contribution in [1.29, 1.82) is 0 Å². The van der Waals surface area contributed by atoms with Gasteiger partial charge in [-0.3, -0.25) is 14.9 Å². The van der Waals surface area contributed by atoms with Crippen molar-refractivity contribution in [2.24, 2.45) is 0 Å². The van der Waals surface area contributed by atoms with E-state index < -0.39 is 4.92 Å². The third-order valence-electron chi connectivity index (χ3n) is 2.35. The van der Waals surface area contributed by atoms with Crippen LogP contribution >= 0.6 is 11.8 Å². The number of nitro groups is 1. The van der Waals surface area contributed by atoms with Crippen molar-refractivity contribution in [2.75, 3.05) is 12.9 Å². The fourth-order valence-corrected chi connectivity index (χ4v) is 2.14. The first-order chi connectivity index (χ1) is 9.02. The number of benzene rings is 1. The lowest BCUT2D eigenvalue weighted by molar-refractivity contribution is -0.422. The predicted octanol–water partition coefficient (Wildman–Crippen LogP) is 2.98. The lowest BCUT2D eigenvalue weighted by Gasteiger charge is -2.01. The Kier molecular flexibility index (Phi) is 6.08. The molecule has 0 N–H and O–H groups in total. The Hall–Kier alpha value is -1.82. The van der Waals surface area contributed by atoms with Gasteiger partial charge in [0.25, 0.3) is 0 Å². The van der Waals surface area contributed by atoms with Gasteiger partial charge in [0.1, 0.15) is 0 Å². The Labute approximate surface area is 115 Å². The monoisotopic (exact) mass is 281 g/mol. The predicted molar refractivity (Wildman–Crippen MR) is 74.4 cm³/mol. The second-order valence-electron chi connectivity index (χ2n) is 3.79. The maximum Gasteiger partial charge on any atom is 0.306 e. The van der Waals surface area contributed by atoms with Crippen LogP contribution in [-0.4, -0.2) is 23.8 Å². The van der Waals surface area contributed by atoms with E-state index in [-0.39, 0.29) is 11.7 Å². The van der Waals surface area contributed by atoms with E-state index in [2.05, 4.69) is 4.74 Å². The van der Waals surface area contributed by atoms with Crippen LogP contribution in [0.1, 0.15) is 18.9 Å². The van der Waals surface area contributed by atoms with Crippen molar-refractivity contribution in [3.05, 3.63) is 45.6 Å². The Bertz CT molecular complexity index is 482. The average molecular weight is 281 g/mol. The second kappa shape index (κ2) is 7.58. The molecule has 1 rings (SSSR count). The van der Waals surface area contributed by atoms with Crippen molar-refractivity contribution >= 4 is 23.8 Å². The minimum atomic E-state index is -0.418. The topological polar surface area (TPSA) is 69.4 Å². The van der Waals surface area contributed by atoms with Crippen molar-refractivity contribution in [1.82, 2.24) is 0 Å². The molecule has 0 radical (unpaired) electrons. The molecular weight excluding hydrogens is 266 g/mol. The third kappa shape index (κ3) is 5.56. The fourth-order valence-electron chi connectivity index (χ4n) is 1.31. The normalized spacial score (nSPS) is 11.2. The molecule has 0 saturated heterocycles. The summed E-state index contributed by atoms with van der Waals surface area (Å²) >= 11 is 1.54. The van der Waals surface area contributed by atoms with Gasteiger partial charge in [-0.15, -0.1) is 11.8 Å². The lowest BCUT2D eigenvalue weighted by atomic mass is 10.2. The van der Waals surface area contributed by atoms with E-state index in [1.807, 2.05) is 24.3 Å². The van der Waals surface area contributed by atoms with Crippen molar-refractivity contribution in [2.45, 2.75) is 18.2 Å². The van der Waals surface area contributed by atoms with Crippen LogP contribution in [0.5, 0.6) is 0 Å². The van der Waals surface area contributed by atoms with E-state index in [0.29, 0.717) is 12.2 Å². The van der Waals surface area contributed by atoms with Crippen molar-refractivity contribution in [3.8, 4) is 0 Å². The first-order valence-corrected chi connectivity index (χ1v) is 6.64. The van der Waals surface area contributed by atoms with Gasteiger partial charge < -0.3 is 4.74 Å². The number of allylic oxidation sites excluding steroid dienone is 1. The zero-order chi connectivity index (χ0) is 14.3. The molecule has 0 aliphatic rings. The molecule has 0 aromatic heterocycles. The highest BCUT2D eigenvalue weighted by Crippen LogP contribution is 2.20. The maximum absolute atomic E-state index is 10.9. The summed E-state index contributed by atoms with van der Waals surface area (Å²) in [7, 11) is 1.37. The first kappa shape index (κ1) is 15.2. The van der Waals surface area contributed by atoms with Crippen LogP contribution in [0.25, 0.3) is 6.08 Å². The molecular formula is C13H15NO4S. The average Bonchev–Trinajstić information content (AvgIpc) is 2.40. The molecule has 0 aliphatic heterocycles. The molecule has 5 nitrogen and oxygen atoms in total. The zero-order valence-electron chi connectivity index (χ0n) is 10.8. The van der Waals surface area contributed by atoms with Crippen molar-refractivity contribution < 1.29 is 14.5 Å². The lowest BCUT2D eigenvalue weighted by Crippen LogP contribution is -2.00. The van der Waals surface area contributed by atoms with E-state index in [1.165, 1.54) is 20.1 Å². The van der Waals surface area contributed by atoms with Gasteiger partial charge in [0.05, 0.1) is 18.5 Å². The molecule has 1 aromatic carbocycles. The SMILES string of the molecule is COC(=O)CCSc1ccc(/C=C(/C)[N+](=O)[O-])cc1. The molecule has 0 heterocycles. The number of rotatable bonds is 6. The van der Waals surface area contributed by atoms with Crippen molar-refractivity contribution in [3.63, 3.8) is 0 Å². The summed E-state index contributed by atoms with van der Waals surface area (Å²) in [6.07, 6.45) is 1.88. The van der Waals surface area contributed by atoms with Crippen LogP contribution in [0, 0.1) is 10.1 Å². The number of hydrogen-bond donors (Lipinski definition) is 0. The van der Waals surface area contributed by atoms with E-state index >= 15 is 0 Å². The van der Waals surface area contributed by atoms with Gasteiger partial charge >= 0.3 is 5.97 Å². The highest BCUT2D eigenvalue weighted by Gasteiger charge is 2.03. The standard InChI is InChI=1S/C13H15NO4S/c1-10(14(16)17)9-11-3-5-12(6-4-11)19-8-7-13(15)18-2/h3-6,9H,7-8H2,1-2H3/b10-9-. The molecule has 0 amide bonds. The number of ether oxygens (including phenoxy) is 1. The summed E-state index contributed by atoms with van der Waals surface area (Å²) in [5, 5.41) is 10.5. The summed E-state index contributed by atoms with van der Waals surface area (Å²) in [6, 6.07) is 7.38. The van der Waals surface area contributed by atoms with Gasteiger partial charge in [-0.2, -0.15) is 0 Å². The fraction of sp³-hybridized carbons (Fsp3) is 0.308. The van der Waals surface area contributed by atoms with E-state index in [0.717, 1.165) is 10.5 Å². The van der Waals surface area contributed by atoms with E-state index in [4.69, 9.17) is 0 Å². The number of esters is 1. The number of nitrogens with zero attached hydrogens (tertiary/aromatic N) is 1. The number of thioether (sulfide) groups is 1. The summed E-state index contributed by atoms with van der Waals surface area (Å²) in [6.45, 7) is 1.46. The molecule has 0 bridgehead atoms. The summed E-state index contributed by atoms with van der Waals surface area (Å²) in [5.41, 5.74) is 0.887. The van der Waals surface area contributed by atoms with Crippen LogP contribution < -0.4 is 0 Å². The molecule has 0 unspecified atom stereocenters. The van der Waals surface area contributed by atoms with Gasteiger partial charge in [0.2, 0.25) is 5.70 Å². The molecule has 0 aliphatic carbocycles. The van der Waals surface area contributed by atoms with Gasteiger partial charge in [-0.25, -0.2) is 0 Å². The first-order valence-electron chi connectivity index (χ1n) is 5.65. The highest BCUT2D eigenvalue weighted by atomic mass is 32.2. The maximum atomic E-state index is 10.9. The Morgan fingerprint density at radius 2 is 2.05 bits per heavy atom. The molecule has 0 atom stereocenters. The Morgan fingerprint density at radius 3 is 2.58 bits per heavy atom. The zero-order valence-corrected chi connectivity index (χ0v) is 11.6. The summed E-state index contributed by atoms with van der Waals surface area (Å²) in [4.78, 5) is 22.0. The number of carbonyl (C=O) groups excluding carboxylic acids is 1. The van der Waals surface area contributed by atoms with Gasteiger partial charge in [-0.1, -0.05) is 12.1 Å². The molecule has 6 heteroatoms. The number of methoxy groups -OCH3 is 1. The molecule has 1 aromatic rings. The van der Waals surface area contributed by atoms with Crippen LogP contribution in [0.3, 0.4) is 0 Å². The number of carbonyl (C=O) groups is 1. The minimum absolute atomic E-state index is 0.103. The molecule has 0 fully saturated rings. The van der Waals surface area contributed by atoms with Crippen LogP contribution in [0.15, 0.2) is 34.9 Å². The molecule has 19 heavy (non-hydrogen) atoms. The van der Waals surface area contributed by atoms with E-state index in [1.54, 1.807) is 11.8 Å². The largest absolute Gasteiger partial charge is 0.469 e. The van der Waals surface area contributed by atoms with Crippen LogP contribution in [0.4, 0.5) is 0 Å². The smallest absolute Gasteiger partial charge is 0.306 e. The van der Waals surface area contributed by atoms with Gasteiger partial charge in [0.15, 0.2) is 0 Å². The van der Waals surface area contributed by atoms with Gasteiger partial charge in [0, 0.05) is 23.6 Å². The molecule has 0 spiro atoms. The van der Waals surface area contributed by atoms with Gasteiger partial charge in [-0.05, 0) is 17.7 Å². The quantitative estimate of drug-likeness (QED) is 0.347. The third-order valence-corrected chi connectivity index (χ3v) is 3.36. The number of hydrogen-bond acceptors (Lipinski definition) is 5. The second-order valence-corrected chi connectivity index (χ2v) is 4.95. The molecule has 0 saturated carbocycles. The van der Waals surface area contributed by atoms with Crippen LogP contribution in [-0.2, 0) is 9.53 Å². The Morgan fingerprint density at radius 1 is 1.42 bits per heavy atom. The minimum Gasteiger partial charge on any atom is -0.469 e. The molecule has 102 valence electrons. The van der Waals surface area contributed by atoms with Crippen LogP contribution in [0.2, 0.25) is 0 Å². The summed E-state index contributed by atoms with van der Waals surface area (Å²) in [5.74, 6) is 0.421. The highest BCUT2D eigenvalue weighted by molar-refractivity contribution is 7.99. The summed E-state index contributed by atoms with van der Waals surface area (Å²) < 4.78 is 4.55.